The molecule has 3 heterocycles. The Kier molecular flexibility index (Phi) is 2.93. The van der Waals surface area contributed by atoms with Gasteiger partial charge in [-0.3, -0.25) is 0 Å². The smallest absolute Gasteiger partial charge is 0.182 e. The molecule has 0 unspecified atom stereocenters. The zero-order chi connectivity index (χ0) is 14.2. The Balaban J connectivity index is 1.72. The average molecular weight is 297 g/mol. The minimum atomic E-state index is 0.579. The van der Waals surface area contributed by atoms with E-state index in [2.05, 4.69) is 34.1 Å². The lowest BCUT2D eigenvalue weighted by Gasteiger charge is -2.29. The van der Waals surface area contributed by atoms with Crippen molar-refractivity contribution in [3.63, 3.8) is 0 Å². The van der Waals surface area contributed by atoms with E-state index in [1.165, 1.54) is 22.5 Å². The summed E-state index contributed by atoms with van der Waals surface area (Å²) in [7, 11) is 0. The fourth-order valence-electron chi connectivity index (χ4n) is 2.79. The van der Waals surface area contributed by atoms with Crippen LogP contribution in [0.3, 0.4) is 0 Å². The van der Waals surface area contributed by atoms with E-state index in [4.69, 9.17) is 10.2 Å². The van der Waals surface area contributed by atoms with Crippen LogP contribution in [0.1, 0.15) is 11.1 Å². The quantitative estimate of drug-likeness (QED) is 0.786. The molecular formula is C16H15N3OS. The molecule has 0 atom stereocenters. The fourth-order valence-corrected chi connectivity index (χ4v) is 3.65. The molecule has 1 aliphatic heterocycles. The first-order valence-electron chi connectivity index (χ1n) is 6.93. The molecule has 2 N–H and O–H groups in total. The van der Waals surface area contributed by atoms with E-state index in [1.54, 1.807) is 6.26 Å². The predicted octanol–water partition coefficient (Wildman–Crippen LogP) is 3.55. The van der Waals surface area contributed by atoms with Gasteiger partial charge in [0.2, 0.25) is 0 Å². The van der Waals surface area contributed by atoms with Gasteiger partial charge in [-0.2, -0.15) is 0 Å². The van der Waals surface area contributed by atoms with Gasteiger partial charge in [-0.05, 0) is 29.7 Å². The summed E-state index contributed by atoms with van der Waals surface area (Å²) in [5.74, 6) is 0.775. The topological polar surface area (TPSA) is 55.3 Å². The highest BCUT2D eigenvalue weighted by atomic mass is 32.1. The van der Waals surface area contributed by atoms with Crippen LogP contribution in [-0.4, -0.2) is 11.5 Å². The van der Waals surface area contributed by atoms with Gasteiger partial charge >= 0.3 is 0 Å². The van der Waals surface area contributed by atoms with Crippen LogP contribution in [0.5, 0.6) is 0 Å². The molecule has 21 heavy (non-hydrogen) atoms. The van der Waals surface area contributed by atoms with Gasteiger partial charge in [0.25, 0.3) is 0 Å². The van der Waals surface area contributed by atoms with Gasteiger partial charge in [0.1, 0.15) is 10.7 Å². The molecule has 106 valence electrons. The lowest BCUT2D eigenvalue weighted by atomic mass is 10.00. The van der Waals surface area contributed by atoms with Crippen LogP contribution in [0.15, 0.2) is 47.1 Å². The fraction of sp³-hybridized carbons (Fsp3) is 0.188. The number of thiazole rings is 1. The number of hydrogen-bond donors (Lipinski definition) is 1. The van der Waals surface area contributed by atoms with Gasteiger partial charge in [0.15, 0.2) is 10.9 Å². The van der Waals surface area contributed by atoms with Crippen LogP contribution >= 0.6 is 11.3 Å². The molecule has 1 aliphatic rings. The SMILES string of the molecule is Nc1nc(-c2ccco2)c(N2CCc3ccccc3C2)s1. The van der Waals surface area contributed by atoms with Gasteiger partial charge in [0, 0.05) is 13.1 Å². The minimum absolute atomic E-state index is 0.579. The molecule has 0 spiro atoms. The number of hydrogen-bond acceptors (Lipinski definition) is 5. The molecule has 1 aromatic carbocycles. The van der Waals surface area contributed by atoms with Crippen molar-refractivity contribution in [1.29, 1.82) is 0 Å². The first-order chi connectivity index (χ1) is 10.3. The average Bonchev–Trinajstić information content (AvgIpc) is 3.15. The summed E-state index contributed by atoms with van der Waals surface area (Å²) in [6.45, 7) is 1.87. The zero-order valence-corrected chi connectivity index (χ0v) is 12.3. The summed E-state index contributed by atoms with van der Waals surface area (Å²) in [6, 6.07) is 12.4. The Morgan fingerprint density at radius 2 is 2.00 bits per heavy atom. The van der Waals surface area contributed by atoms with E-state index in [1.807, 2.05) is 12.1 Å². The summed E-state index contributed by atoms with van der Waals surface area (Å²) in [6.07, 6.45) is 2.71. The van der Waals surface area contributed by atoms with Crippen LogP contribution < -0.4 is 10.6 Å². The molecule has 2 aromatic heterocycles. The first kappa shape index (κ1) is 12.5. The largest absolute Gasteiger partial charge is 0.463 e. The van der Waals surface area contributed by atoms with Gasteiger partial charge < -0.3 is 15.1 Å². The predicted molar refractivity (Wildman–Crippen MR) is 85.4 cm³/mol. The molecule has 0 radical (unpaired) electrons. The Hall–Kier alpha value is -2.27. The maximum absolute atomic E-state index is 5.93. The van der Waals surface area contributed by atoms with Gasteiger partial charge in [0.05, 0.1) is 6.26 Å². The summed E-state index contributed by atoms with van der Waals surface area (Å²) >= 11 is 1.53. The second-order valence-corrected chi connectivity index (χ2v) is 6.13. The van der Waals surface area contributed by atoms with Crippen molar-refractivity contribution >= 4 is 21.5 Å². The van der Waals surface area contributed by atoms with Crippen LogP contribution in [0, 0.1) is 0 Å². The summed E-state index contributed by atoms with van der Waals surface area (Å²) in [5, 5.41) is 1.67. The Morgan fingerprint density at radius 1 is 1.14 bits per heavy atom. The second-order valence-electron chi connectivity index (χ2n) is 5.12. The summed E-state index contributed by atoms with van der Waals surface area (Å²) < 4.78 is 5.50. The molecule has 4 rings (SSSR count). The van der Waals surface area contributed by atoms with E-state index >= 15 is 0 Å². The number of benzene rings is 1. The van der Waals surface area contributed by atoms with Crippen molar-refractivity contribution in [2.75, 3.05) is 17.2 Å². The highest BCUT2D eigenvalue weighted by Crippen LogP contribution is 2.39. The molecule has 0 amide bonds. The van der Waals surface area contributed by atoms with E-state index < -0.39 is 0 Å². The van der Waals surface area contributed by atoms with Crippen molar-refractivity contribution < 1.29 is 4.42 Å². The number of anilines is 2. The maximum Gasteiger partial charge on any atom is 0.182 e. The standard InChI is InChI=1S/C16H15N3OS/c17-16-18-14(13-6-3-9-20-13)15(21-16)19-8-7-11-4-1-2-5-12(11)10-19/h1-6,9H,7-8,10H2,(H2,17,18). The van der Waals surface area contributed by atoms with E-state index in [0.29, 0.717) is 5.13 Å². The van der Waals surface area contributed by atoms with Gasteiger partial charge in [-0.1, -0.05) is 35.6 Å². The molecular weight excluding hydrogens is 282 g/mol. The van der Waals surface area contributed by atoms with E-state index in [0.717, 1.165) is 36.0 Å². The molecule has 0 fully saturated rings. The normalized spacial score (nSPS) is 14.2. The van der Waals surface area contributed by atoms with Crippen molar-refractivity contribution in [2.24, 2.45) is 0 Å². The van der Waals surface area contributed by atoms with E-state index in [9.17, 15) is 0 Å². The lowest BCUT2D eigenvalue weighted by molar-refractivity contribution is 0.580. The number of fused-ring (bicyclic) bond motifs is 1. The van der Waals surface area contributed by atoms with Crippen molar-refractivity contribution in [3.05, 3.63) is 53.8 Å². The molecule has 0 aliphatic carbocycles. The number of aromatic nitrogens is 1. The third kappa shape index (κ3) is 2.19. The Labute approximate surface area is 126 Å². The van der Waals surface area contributed by atoms with Crippen molar-refractivity contribution in [3.8, 4) is 11.5 Å². The number of furan rings is 1. The molecule has 0 saturated carbocycles. The molecule has 4 nitrogen and oxygen atoms in total. The van der Waals surface area contributed by atoms with Crippen LogP contribution in [0.2, 0.25) is 0 Å². The summed E-state index contributed by atoms with van der Waals surface area (Å²) in [5.41, 5.74) is 9.59. The first-order valence-corrected chi connectivity index (χ1v) is 7.75. The third-order valence-corrected chi connectivity index (χ3v) is 4.74. The molecule has 3 aromatic rings. The number of nitrogens with zero attached hydrogens (tertiary/aromatic N) is 2. The number of rotatable bonds is 2. The van der Waals surface area contributed by atoms with Crippen LogP contribution in [-0.2, 0) is 13.0 Å². The van der Waals surface area contributed by atoms with Gasteiger partial charge in [-0.25, -0.2) is 4.98 Å². The highest BCUT2D eigenvalue weighted by Gasteiger charge is 2.23. The Bertz CT molecular complexity index is 764. The Morgan fingerprint density at radius 3 is 2.81 bits per heavy atom. The minimum Gasteiger partial charge on any atom is -0.463 e. The highest BCUT2D eigenvalue weighted by molar-refractivity contribution is 7.19. The molecule has 0 bridgehead atoms. The zero-order valence-electron chi connectivity index (χ0n) is 11.5. The van der Waals surface area contributed by atoms with Crippen molar-refractivity contribution in [1.82, 2.24) is 4.98 Å². The number of nitrogens with two attached hydrogens (primary N) is 1. The summed E-state index contributed by atoms with van der Waals surface area (Å²) in [4.78, 5) is 6.79. The van der Waals surface area contributed by atoms with Gasteiger partial charge in [-0.15, -0.1) is 0 Å². The second kappa shape index (κ2) is 4.93. The van der Waals surface area contributed by atoms with Crippen molar-refractivity contribution in [2.45, 2.75) is 13.0 Å². The van der Waals surface area contributed by atoms with Crippen LogP contribution in [0.4, 0.5) is 10.1 Å². The van der Waals surface area contributed by atoms with Crippen LogP contribution in [0.25, 0.3) is 11.5 Å². The van der Waals surface area contributed by atoms with E-state index in [-0.39, 0.29) is 0 Å². The molecule has 0 saturated heterocycles. The number of nitrogen functional groups attached to an aromatic ring is 1. The lowest BCUT2D eigenvalue weighted by Crippen LogP contribution is -2.29. The monoisotopic (exact) mass is 297 g/mol. The maximum atomic E-state index is 5.93. The molecule has 5 heteroatoms. The third-order valence-electron chi connectivity index (χ3n) is 3.80.